The molecule has 0 aliphatic rings. The van der Waals surface area contributed by atoms with Crippen molar-refractivity contribution in [1.82, 2.24) is 0 Å². The highest BCUT2D eigenvalue weighted by Gasteiger charge is 2.26. The summed E-state index contributed by atoms with van der Waals surface area (Å²) in [6, 6.07) is 0. The molecule has 2 unspecified atom stereocenters. The van der Waals surface area contributed by atoms with Crippen molar-refractivity contribution in [2.45, 2.75) is 78.9 Å². The molecule has 0 fully saturated rings. The summed E-state index contributed by atoms with van der Waals surface area (Å²) < 4.78 is 15.4. The standard InChI is InChI=1S/C18H32O6/c1-13(2)8-10-22-16(20)7-9-18(5,6)24-17(21)11-14(3)15(4)23-12-19/h12-15H,7-11H2,1-6H3. The van der Waals surface area contributed by atoms with E-state index in [0.29, 0.717) is 25.4 Å². The van der Waals surface area contributed by atoms with Crippen LogP contribution in [0.15, 0.2) is 0 Å². The number of hydrogen-bond acceptors (Lipinski definition) is 6. The van der Waals surface area contributed by atoms with Crippen LogP contribution >= 0.6 is 0 Å². The van der Waals surface area contributed by atoms with Gasteiger partial charge < -0.3 is 14.2 Å². The maximum atomic E-state index is 12.0. The van der Waals surface area contributed by atoms with E-state index < -0.39 is 5.60 Å². The van der Waals surface area contributed by atoms with Crippen molar-refractivity contribution in [2.24, 2.45) is 11.8 Å². The molecule has 6 nitrogen and oxygen atoms in total. The van der Waals surface area contributed by atoms with Crippen molar-refractivity contribution in [1.29, 1.82) is 0 Å². The van der Waals surface area contributed by atoms with Gasteiger partial charge >= 0.3 is 11.9 Å². The summed E-state index contributed by atoms with van der Waals surface area (Å²) in [5.74, 6) is -0.301. The van der Waals surface area contributed by atoms with E-state index in [0.717, 1.165) is 6.42 Å². The molecule has 0 bridgehead atoms. The Kier molecular flexibility index (Phi) is 10.3. The van der Waals surface area contributed by atoms with Gasteiger partial charge in [0.25, 0.3) is 6.47 Å². The van der Waals surface area contributed by atoms with E-state index in [1.165, 1.54) is 0 Å². The Morgan fingerprint density at radius 1 is 1.08 bits per heavy atom. The van der Waals surface area contributed by atoms with Crippen molar-refractivity contribution < 1.29 is 28.6 Å². The predicted molar refractivity (Wildman–Crippen MR) is 90.2 cm³/mol. The molecule has 0 aliphatic carbocycles. The lowest BCUT2D eigenvalue weighted by molar-refractivity contribution is -0.162. The first-order valence-corrected chi connectivity index (χ1v) is 8.54. The molecule has 6 heteroatoms. The summed E-state index contributed by atoms with van der Waals surface area (Å²) >= 11 is 0. The van der Waals surface area contributed by atoms with Gasteiger partial charge in [-0.3, -0.25) is 14.4 Å². The summed E-state index contributed by atoms with van der Waals surface area (Å²) in [4.78, 5) is 34.0. The molecular weight excluding hydrogens is 312 g/mol. The summed E-state index contributed by atoms with van der Waals surface area (Å²) in [6.45, 7) is 12.0. The van der Waals surface area contributed by atoms with Crippen molar-refractivity contribution in [2.75, 3.05) is 6.61 Å². The van der Waals surface area contributed by atoms with Crippen LogP contribution in [0.1, 0.15) is 67.2 Å². The van der Waals surface area contributed by atoms with E-state index in [-0.39, 0.29) is 36.8 Å². The van der Waals surface area contributed by atoms with Crippen LogP contribution in [0.4, 0.5) is 0 Å². The largest absolute Gasteiger partial charge is 0.466 e. The Balaban J connectivity index is 4.16. The third-order valence-electron chi connectivity index (χ3n) is 3.84. The quantitative estimate of drug-likeness (QED) is 0.307. The minimum Gasteiger partial charge on any atom is -0.466 e. The van der Waals surface area contributed by atoms with Crippen LogP contribution in [0.5, 0.6) is 0 Å². The van der Waals surface area contributed by atoms with Gasteiger partial charge in [-0.2, -0.15) is 0 Å². The number of ether oxygens (including phenoxy) is 3. The summed E-state index contributed by atoms with van der Waals surface area (Å²) in [6.07, 6.45) is 1.24. The second kappa shape index (κ2) is 11.0. The van der Waals surface area contributed by atoms with E-state index in [1.807, 2.05) is 6.92 Å². The smallest absolute Gasteiger partial charge is 0.306 e. The third-order valence-corrected chi connectivity index (χ3v) is 3.84. The molecule has 2 atom stereocenters. The fourth-order valence-electron chi connectivity index (χ4n) is 1.94. The summed E-state index contributed by atoms with van der Waals surface area (Å²) in [5, 5.41) is 0. The van der Waals surface area contributed by atoms with Crippen LogP contribution in [0.3, 0.4) is 0 Å². The summed E-state index contributed by atoms with van der Waals surface area (Å²) in [7, 11) is 0. The Morgan fingerprint density at radius 2 is 1.71 bits per heavy atom. The zero-order valence-corrected chi connectivity index (χ0v) is 15.8. The Labute approximate surface area is 145 Å². The molecule has 0 aromatic rings. The fraction of sp³-hybridized carbons (Fsp3) is 0.833. The predicted octanol–water partition coefficient (Wildman–Crippen LogP) is 3.27. The minimum absolute atomic E-state index is 0.139. The normalized spacial score (nSPS) is 14.0. The van der Waals surface area contributed by atoms with Gasteiger partial charge in [-0.25, -0.2) is 0 Å². The Bertz CT molecular complexity index is 402. The Hall–Kier alpha value is -1.59. The van der Waals surface area contributed by atoms with Crippen LogP contribution < -0.4 is 0 Å². The number of esters is 2. The molecular formula is C18H32O6. The monoisotopic (exact) mass is 344 g/mol. The summed E-state index contributed by atoms with van der Waals surface area (Å²) in [5.41, 5.74) is -0.747. The molecule has 140 valence electrons. The zero-order valence-electron chi connectivity index (χ0n) is 15.8. The van der Waals surface area contributed by atoms with Crippen molar-refractivity contribution >= 4 is 18.4 Å². The van der Waals surface area contributed by atoms with Crippen molar-refractivity contribution in [3.05, 3.63) is 0 Å². The molecule has 0 spiro atoms. The average molecular weight is 344 g/mol. The molecule has 0 saturated carbocycles. The zero-order chi connectivity index (χ0) is 18.8. The first-order chi connectivity index (χ1) is 11.1. The molecule has 0 saturated heterocycles. The van der Waals surface area contributed by atoms with Crippen molar-refractivity contribution in [3.8, 4) is 0 Å². The van der Waals surface area contributed by atoms with Crippen LogP contribution in [0.2, 0.25) is 0 Å². The van der Waals surface area contributed by atoms with Crippen LogP contribution in [0, 0.1) is 11.8 Å². The number of hydrogen-bond donors (Lipinski definition) is 0. The fourth-order valence-corrected chi connectivity index (χ4v) is 1.94. The number of carbonyl (C=O) groups is 3. The molecule has 0 aliphatic heterocycles. The minimum atomic E-state index is -0.747. The topological polar surface area (TPSA) is 78.9 Å². The highest BCUT2D eigenvalue weighted by atomic mass is 16.6. The SMILES string of the molecule is CC(C)CCOC(=O)CCC(C)(C)OC(=O)CC(C)C(C)OC=O. The first-order valence-electron chi connectivity index (χ1n) is 8.54. The molecule has 0 aromatic carbocycles. The highest BCUT2D eigenvalue weighted by Crippen LogP contribution is 2.20. The molecule has 0 N–H and O–H groups in total. The van der Waals surface area contributed by atoms with Gasteiger partial charge in [0.2, 0.25) is 0 Å². The maximum absolute atomic E-state index is 12.0. The number of carbonyl (C=O) groups excluding carboxylic acids is 3. The second-order valence-corrected chi connectivity index (χ2v) is 7.26. The molecule has 0 amide bonds. The van der Waals surface area contributed by atoms with E-state index in [1.54, 1.807) is 20.8 Å². The molecule has 0 radical (unpaired) electrons. The van der Waals surface area contributed by atoms with Crippen LogP contribution in [0.25, 0.3) is 0 Å². The van der Waals surface area contributed by atoms with Gasteiger partial charge in [-0.05, 0) is 39.5 Å². The average Bonchev–Trinajstić information content (AvgIpc) is 2.44. The maximum Gasteiger partial charge on any atom is 0.306 e. The highest BCUT2D eigenvalue weighted by molar-refractivity contribution is 5.71. The molecule has 24 heavy (non-hydrogen) atoms. The first kappa shape index (κ1) is 22.4. The molecule has 0 heterocycles. The van der Waals surface area contributed by atoms with E-state index in [4.69, 9.17) is 14.2 Å². The van der Waals surface area contributed by atoms with Gasteiger partial charge in [-0.15, -0.1) is 0 Å². The number of rotatable bonds is 12. The van der Waals surface area contributed by atoms with Gasteiger partial charge in [0.05, 0.1) is 13.0 Å². The second-order valence-electron chi connectivity index (χ2n) is 7.26. The third kappa shape index (κ3) is 11.0. The Morgan fingerprint density at radius 3 is 2.25 bits per heavy atom. The van der Waals surface area contributed by atoms with E-state index in [9.17, 15) is 14.4 Å². The van der Waals surface area contributed by atoms with Crippen molar-refractivity contribution in [3.63, 3.8) is 0 Å². The van der Waals surface area contributed by atoms with Gasteiger partial charge in [0.15, 0.2) is 0 Å². The molecule has 0 aromatic heterocycles. The lowest BCUT2D eigenvalue weighted by Gasteiger charge is -2.26. The van der Waals surface area contributed by atoms with Crippen LogP contribution in [-0.2, 0) is 28.6 Å². The lowest BCUT2D eigenvalue weighted by atomic mass is 10.0. The van der Waals surface area contributed by atoms with E-state index in [2.05, 4.69) is 13.8 Å². The van der Waals surface area contributed by atoms with Gasteiger partial charge in [0, 0.05) is 12.3 Å². The molecule has 0 rings (SSSR count). The lowest BCUT2D eigenvalue weighted by Crippen LogP contribution is -2.31. The van der Waals surface area contributed by atoms with Gasteiger partial charge in [0.1, 0.15) is 11.7 Å². The van der Waals surface area contributed by atoms with E-state index >= 15 is 0 Å². The van der Waals surface area contributed by atoms with Crippen LogP contribution in [-0.4, -0.2) is 36.7 Å². The van der Waals surface area contributed by atoms with Gasteiger partial charge in [-0.1, -0.05) is 20.8 Å².